The van der Waals surface area contributed by atoms with Crippen molar-refractivity contribution in [3.63, 3.8) is 0 Å². The first-order valence-electron chi connectivity index (χ1n) is 7.40. The van der Waals surface area contributed by atoms with Crippen molar-refractivity contribution >= 4 is 11.8 Å². The van der Waals surface area contributed by atoms with Crippen LogP contribution in [0.4, 0.5) is 0 Å². The van der Waals surface area contributed by atoms with Crippen LogP contribution in [0.2, 0.25) is 0 Å². The minimum atomic E-state index is -1.52. The normalized spacial score (nSPS) is 51.7. The molecule has 0 aromatic carbocycles. The van der Waals surface area contributed by atoms with Gasteiger partial charge in [0.05, 0.1) is 25.4 Å². The number of aliphatic hydroxyl groups excluding tert-OH is 7. The van der Waals surface area contributed by atoms with Crippen LogP contribution < -0.4 is 0 Å². The average molecular weight is 356 g/mol. The molecule has 2 heterocycles. The van der Waals surface area contributed by atoms with E-state index in [-0.39, 0.29) is 0 Å². The van der Waals surface area contributed by atoms with Crippen molar-refractivity contribution in [2.45, 2.75) is 60.5 Å². The highest BCUT2D eigenvalue weighted by atomic mass is 32.2. The molecule has 2 rings (SSSR count). The van der Waals surface area contributed by atoms with Crippen LogP contribution in [0.1, 0.15) is 6.92 Å². The van der Waals surface area contributed by atoms with Crippen LogP contribution in [0.25, 0.3) is 0 Å². The van der Waals surface area contributed by atoms with E-state index in [1.54, 1.807) is 6.92 Å². The van der Waals surface area contributed by atoms with Gasteiger partial charge in [-0.1, -0.05) is 18.7 Å². The molecule has 10 unspecified atom stereocenters. The molecule has 0 bridgehead atoms. The van der Waals surface area contributed by atoms with Crippen molar-refractivity contribution in [1.29, 1.82) is 0 Å². The molecule has 0 spiro atoms. The highest BCUT2D eigenvalue weighted by molar-refractivity contribution is 8.00. The quantitative estimate of drug-likeness (QED) is 0.270. The molecule has 2 saturated heterocycles. The summed E-state index contributed by atoms with van der Waals surface area (Å²) in [6.07, 6.45) is -8.51. The van der Waals surface area contributed by atoms with Gasteiger partial charge in [0.15, 0.2) is 0 Å². The van der Waals surface area contributed by atoms with Gasteiger partial charge in [0, 0.05) is 5.92 Å². The van der Waals surface area contributed by atoms with Crippen LogP contribution >= 0.6 is 11.8 Å². The van der Waals surface area contributed by atoms with E-state index in [0.29, 0.717) is 0 Å². The number of rotatable bonds is 4. The molecule has 23 heavy (non-hydrogen) atoms. The van der Waals surface area contributed by atoms with E-state index in [9.17, 15) is 30.6 Å². The van der Waals surface area contributed by atoms with E-state index in [0.717, 1.165) is 11.8 Å². The zero-order valence-electron chi connectivity index (χ0n) is 12.5. The second-order valence-electron chi connectivity index (χ2n) is 5.90. The lowest BCUT2D eigenvalue weighted by Crippen LogP contribution is -2.59. The van der Waals surface area contributed by atoms with Crippen LogP contribution in [-0.2, 0) is 9.47 Å². The molecular weight excluding hydrogens is 332 g/mol. The SMILES string of the molecule is CC1C(O)C(CO)OC(SC2OC(CO)C(O)C(O)C2O)C1O. The van der Waals surface area contributed by atoms with E-state index in [1.165, 1.54) is 0 Å². The first kappa shape index (κ1) is 19.3. The Bertz CT molecular complexity index is 348. The Morgan fingerprint density at radius 3 is 1.70 bits per heavy atom. The highest BCUT2D eigenvalue weighted by Crippen LogP contribution is 2.37. The predicted octanol–water partition coefficient (Wildman–Crippen LogP) is -3.41. The lowest BCUT2D eigenvalue weighted by atomic mass is 9.92. The second kappa shape index (κ2) is 7.91. The summed E-state index contributed by atoms with van der Waals surface area (Å²) in [4.78, 5) is 0. The summed E-state index contributed by atoms with van der Waals surface area (Å²) < 4.78 is 10.8. The second-order valence-corrected chi connectivity index (χ2v) is 7.10. The van der Waals surface area contributed by atoms with Gasteiger partial charge in [0.1, 0.15) is 41.4 Å². The first-order chi connectivity index (χ1) is 10.8. The molecule has 136 valence electrons. The largest absolute Gasteiger partial charge is 0.394 e. The van der Waals surface area contributed by atoms with E-state index in [1.807, 2.05) is 0 Å². The summed E-state index contributed by atoms with van der Waals surface area (Å²) in [6.45, 7) is 0.607. The molecule has 10 atom stereocenters. The Kier molecular flexibility index (Phi) is 6.65. The number of hydrogen-bond donors (Lipinski definition) is 7. The lowest BCUT2D eigenvalue weighted by molar-refractivity contribution is -0.208. The smallest absolute Gasteiger partial charge is 0.134 e. The lowest BCUT2D eigenvalue weighted by Gasteiger charge is -2.44. The van der Waals surface area contributed by atoms with Crippen LogP contribution in [0.5, 0.6) is 0 Å². The molecular formula is C13H24O9S. The van der Waals surface area contributed by atoms with E-state index >= 15 is 0 Å². The molecule has 9 nitrogen and oxygen atoms in total. The fraction of sp³-hybridized carbons (Fsp3) is 1.00. The van der Waals surface area contributed by atoms with Crippen molar-refractivity contribution in [2.75, 3.05) is 13.2 Å². The minimum Gasteiger partial charge on any atom is -0.394 e. The van der Waals surface area contributed by atoms with Gasteiger partial charge >= 0.3 is 0 Å². The summed E-state index contributed by atoms with van der Waals surface area (Å²) in [5, 5.41) is 68.0. The van der Waals surface area contributed by atoms with Gasteiger partial charge in [0.25, 0.3) is 0 Å². The van der Waals surface area contributed by atoms with Crippen LogP contribution in [0.3, 0.4) is 0 Å². The number of thioether (sulfide) groups is 1. The van der Waals surface area contributed by atoms with Crippen molar-refractivity contribution in [1.82, 2.24) is 0 Å². The van der Waals surface area contributed by atoms with Gasteiger partial charge in [-0.2, -0.15) is 0 Å². The Balaban J connectivity index is 2.07. The molecule has 0 aromatic rings. The van der Waals surface area contributed by atoms with Crippen LogP contribution in [-0.4, -0.2) is 103 Å². The molecule has 0 aliphatic carbocycles. The van der Waals surface area contributed by atoms with E-state index in [4.69, 9.17) is 14.6 Å². The number of aliphatic hydroxyl groups is 7. The minimum absolute atomic E-state index is 0.441. The van der Waals surface area contributed by atoms with E-state index < -0.39 is 72.7 Å². The molecule has 0 amide bonds. The third kappa shape index (κ3) is 3.82. The summed E-state index contributed by atoms with van der Waals surface area (Å²) in [5.41, 5.74) is -1.99. The highest BCUT2D eigenvalue weighted by Gasteiger charge is 2.48. The van der Waals surface area contributed by atoms with Crippen LogP contribution in [0, 0.1) is 5.92 Å². The molecule has 0 radical (unpaired) electrons. The Morgan fingerprint density at radius 2 is 1.17 bits per heavy atom. The molecule has 0 aromatic heterocycles. The Morgan fingerprint density at radius 1 is 0.696 bits per heavy atom. The number of ether oxygens (including phenoxy) is 2. The van der Waals surface area contributed by atoms with Gasteiger partial charge < -0.3 is 45.2 Å². The Hall–Kier alpha value is -0.0100. The van der Waals surface area contributed by atoms with Crippen molar-refractivity contribution in [2.24, 2.45) is 5.92 Å². The maximum atomic E-state index is 10.2. The first-order valence-corrected chi connectivity index (χ1v) is 8.34. The molecule has 2 aliphatic rings. The van der Waals surface area contributed by atoms with Gasteiger partial charge in [-0.25, -0.2) is 0 Å². The summed E-state index contributed by atoms with van der Waals surface area (Å²) in [7, 11) is 0. The molecule has 2 fully saturated rings. The van der Waals surface area contributed by atoms with Crippen molar-refractivity contribution in [3.8, 4) is 0 Å². The summed E-state index contributed by atoms with van der Waals surface area (Å²) >= 11 is 0.859. The third-order valence-corrected chi connectivity index (χ3v) is 5.66. The van der Waals surface area contributed by atoms with Crippen molar-refractivity contribution in [3.05, 3.63) is 0 Å². The summed E-state index contributed by atoms with van der Waals surface area (Å²) in [5.74, 6) is -0.580. The molecule has 2 aliphatic heterocycles. The van der Waals surface area contributed by atoms with Gasteiger partial charge in [0.2, 0.25) is 0 Å². The molecule has 7 N–H and O–H groups in total. The molecule has 0 saturated carbocycles. The predicted molar refractivity (Wildman–Crippen MR) is 78.3 cm³/mol. The van der Waals surface area contributed by atoms with Crippen LogP contribution in [0.15, 0.2) is 0 Å². The summed E-state index contributed by atoms with van der Waals surface area (Å²) in [6, 6.07) is 0. The topological polar surface area (TPSA) is 160 Å². The maximum Gasteiger partial charge on any atom is 0.134 e. The average Bonchev–Trinajstić information content (AvgIpc) is 2.55. The maximum absolute atomic E-state index is 10.2. The van der Waals surface area contributed by atoms with Gasteiger partial charge in [-0.3, -0.25) is 0 Å². The standard InChI is InChI=1S/C13H24O9S/c1-4-7(16)5(2-14)21-12(8(4)17)23-13-11(20)10(19)9(18)6(3-15)22-13/h4-20H,2-3H2,1H3. The Labute approximate surface area is 137 Å². The molecule has 10 heteroatoms. The van der Waals surface area contributed by atoms with Crippen molar-refractivity contribution < 1.29 is 45.2 Å². The zero-order chi connectivity index (χ0) is 17.3. The zero-order valence-corrected chi connectivity index (χ0v) is 13.4. The monoisotopic (exact) mass is 356 g/mol. The number of hydrogen-bond acceptors (Lipinski definition) is 10. The van der Waals surface area contributed by atoms with Gasteiger partial charge in [-0.05, 0) is 0 Å². The third-order valence-electron chi connectivity index (χ3n) is 4.34. The van der Waals surface area contributed by atoms with Gasteiger partial charge in [-0.15, -0.1) is 0 Å². The fourth-order valence-corrected chi connectivity index (χ4v) is 4.11. The fourth-order valence-electron chi connectivity index (χ4n) is 2.70. The van der Waals surface area contributed by atoms with E-state index in [2.05, 4.69) is 0 Å².